The minimum Gasteiger partial charge on any atom is -0.222 e. The number of benzene rings is 3. The van der Waals surface area contributed by atoms with Crippen molar-refractivity contribution in [3.05, 3.63) is 71.5 Å². The molecule has 0 radical (unpaired) electrons. The van der Waals surface area contributed by atoms with Gasteiger partial charge in [0.25, 0.3) is 0 Å². The second-order valence-electron chi connectivity index (χ2n) is 4.92. The predicted octanol–water partition coefficient (Wildman–Crippen LogP) is 5.21. The van der Waals surface area contributed by atoms with Crippen LogP contribution in [0.3, 0.4) is 0 Å². The number of para-hydroxylation sites is 1. The van der Waals surface area contributed by atoms with Gasteiger partial charge >= 0.3 is 0 Å². The Balaban J connectivity index is 2.03. The first-order valence-electron chi connectivity index (χ1n) is 6.73. The Hall–Kier alpha value is -2.26. The molecule has 0 aliphatic carbocycles. The van der Waals surface area contributed by atoms with E-state index in [9.17, 15) is 0 Å². The van der Waals surface area contributed by atoms with Crippen molar-refractivity contribution in [2.45, 2.75) is 0 Å². The maximum atomic E-state index is 4.58. The summed E-state index contributed by atoms with van der Waals surface area (Å²) in [5.41, 5.74) is 3.01. The molecule has 0 aliphatic rings. The first kappa shape index (κ1) is 12.5. The van der Waals surface area contributed by atoms with Crippen LogP contribution in [-0.2, 0) is 0 Å². The number of nitrogens with zero attached hydrogens (tertiary/aromatic N) is 2. The van der Waals surface area contributed by atoms with E-state index in [1.54, 1.807) is 0 Å². The van der Waals surface area contributed by atoms with Crippen molar-refractivity contribution in [2.75, 3.05) is 0 Å². The smallest absolute Gasteiger partial charge is 0.197 e. The van der Waals surface area contributed by atoms with Crippen molar-refractivity contribution in [3.63, 3.8) is 0 Å². The molecule has 4 aromatic rings. The lowest BCUT2D eigenvalue weighted by Gasteiger charge is -2.07. The Bertz CT molecular complexity index is 963. The van der Waals surface area contributed by atoms with Crippen LogP contribution in [0.15, 0.2) is 71.5 Å². The van der Waals surface area contributed by atoms with Crippen LogP contribution in [0, 0.1) is 0 Å². The summed E-state index contributed by atoms with van der Waals surface area (Å²) in [4.78, 5) is 9.01. The van der Waals surface area contributed by atoms with Crippen LogP contribution in [0.25, 0.3) is 32.9 Å². The van der Waals surface area contributed by atoms with Gasteiger partial charge in [-0.05, 0) is 38.8 Å². The number of hydrogen-bond donors (Lipinski definition) is 0. The van der Waals surface area contributed by atoms with Gasteiger partial charge in [-0.3, -0.25) is 0 Å². The number of aromatic nitrogens is 2. The fraction of sp³-hybridized carbons (Fsp3) is 0. The van der Waals surface area contributed by atoms with Gasteiger partial charge in [0.15, 0.2) is 4.73 Å². The number of fused-ring (bicyclic) bond motifs is 2. The zero-order valence-corrected chi connectivity index (χ0v) is 12.7. The van der Waals surface area contributed by atoms with Crippen molar-refractivity contribution < 1.29 is 0 Å². The van der Waals surface area contributed by atoms with Crippen molar-refractivity contribution in [1.82, 2.24) is 9.97 Å². The standard InChI is InChI=1S/C18H11BrN2/c19-18-20-16-8-4-3-7-15(16)17(21-18)14-10-9-12-5-1-2-6-13(12)11-14/h1-11H. The van der Waals surface area contributed by atoms with E-state index < -0.39 is 0 Å². The Morgan fingerprint density at radius 1 is 0.714 bits per heavy atom. The lowest BCUT2D eigenvalue weighted by Crippen LogP contribution is -1.91. The van der Waals surface area contributed by atoms with Crippen LogP contribution in [0.1, 0.15) is 0 Å². The van der Waals surface area contributed by atoms with Crippen LogP contribution in [-0.4, -0.2) is 9.97 Å². The van der Waals surface area contributed by atoms with Gasteiger partial charge in [-0.25, -0.2) is 9.97 Å². The monoisotopic (exact) mass is 334 g/mol. The van der Waals surface area contributed by atoms with Gasteiger partial charge in [0.2, 0.25) is 0 Å². The molecular formula is C18H11BrN2. The first-order valence-corrected chi connectivity index (χ1v) is 7.52. The van der Waals surface area contributed by atoms with E-state index >= 15 is 0 Å². The summed E-state index contributed by atoms with van der Waals surface area (Å²) in [6.07, 6.45) is 0. The van der Waals surface area contributed by atoms with Gasteiger partial charge < -0.3 is 0 Å². The maximum absolute atomic E-state index is 4.58. The van der Waals surface area contributed by atoms with Gasteiger partial charge in [0, 0.05) is 10.9 Å². The van der Waals surface area contributed by atoms with E-state index in [1.165, 1.54) is 10.8 Å². The molecule has 3 aromatic carbocycles. The lowest BCUT2D eigenvalue weighted by atomic mass is 10.0. The third-order valence-corrected chi connectivity index (χ3v) is 3.95. The molecule has 4 rings (SSSR count). The summed E-state index contributed by atoms with van der Waals surface area (Å²) in [6, 6.07) is 22.9. The summed E-state index contributed by atoms with van der Waals surface area (Å²) in [6.45, 7) is 0. The molecule has 0 amide bonds. The zero-order valence-electron chi connectivity index (χ0n) is 11.1. The van der Waals surface area contributed by atoms with E-state index in [1.807, 2.05) is 18.2 Å². The molecule has 0 saturated carbocycles. The van der Waals surface area contributed by atoms with Gasteiger partial charge in [-0.2, -0.15) is 0 Å². The minimum absolute atomic E-state index is 0.615. The molecule has 0 spiro atoms. The lowest BCUT2D eigenvalue weighted by molar-refractivity contribution is 1.16. The Morgan fingerprint density at radius 2 is 1.48 bits per heavy atom. The third kappa shape index (κ3) is 2.20. The van der Waals surface area contributed by atoms with E-state index in [0.717, 1.165) is 22.2 Å². The Morgan fingerprint density at radius 3 is 2.38 bits per heavy atom. The third-order valence-electron chi connectivity index (χ3n) is 3.60. The van der Waals surface area contributed by atoms with Crippen LogP contribution in [0.5, 0.6) is 0 Å². The fourth-order valence-corrected chi connectivity index (χ4v) is 2.97. The normalized spacial score (nSPS) is 11.1. The van der Waals surface area contributed by atoms with E-state index in [4.69, 9.17) is 0 Å². The molecule has 1 aromatic heterocycles. The summed E-state index contributed by atoms with van der Waals surface area (Å²) in [5.74, 6) is 0. The highest BCUT2D eigenvalue weighted by Gasteiger charge is 2.08. The van der Waals surface area contributed by atoms with Crippen molar-refractivity contribution >= 4 is 37.6 Å². The summed E-state index contributed by atoms with van der Waals surface area (Å²) in [5, 5.41) is 3.52. The molecular weight excluding hydrogens is 324 g/mol. The minimum atomic E-state index is 0.615. The molecule has 0 unspecified atom stereocenters. The fourth-order valence-electron chi connectivity index (χ4n) is 2.60. The van der Waals surface area contributed by atoms with Gasteiger partial charge in [0.1, 0.15) is 0 Å². The molecule has 2 nitrogen and oxygen atoms in total. The molecule has 0 saturated heterocycles. The quantitative estimate of drug-likeness (QED) is 0.446. The molecule has 100 valence electrons. The summed E-state index contributed by atoms with van der Waals surface area (Å²) in [7, 11) is 0. The van der Waals surface area contributed by atoms with E-state index in [-0.39, 0.29) is 0 Å². The molecule has 1 heterocycles. The van der Waals surface area contributed by atoms with Crippen molar-refractivity contribution in [1.29, 1.82) is 0 Å². The molecule has 21 heavy (non-hydrogen) atoms. The predicted molar refractivity (Wildman–Crippen MR) is 90.2 cm³/mol. The van der Waals surface area contributed by atoms with Crippen molar-refractivity contribution in [3.8, 4) is 11.3 Å². The average Bonchev–Trinajstić information content (AvgIpc) is 2.53. The first-order chi connectivity index (χ1) is 10.3. The van der Waals surface area contributed by atoms with Crippen LogP contribution < -0.4 is 0 Å². The van der Waals surface area contributed by atoms with E-state index in [0.29, 0.717) is 4.73 Å². The van der Waals surface area contributed by atoms with E-state index in [2.05, 4.69) is 74.4 Å². The summed E-state index contributed by atoms with van der Waals surface area (Å²) >= 11 is 3.41. The molecule has 0 bridgehead atoms. The van der Waals surface area contributed by atoms with Gasteiger partial charge in [-0.1, -0.05) is 54.6 Å². The second-order valence-corrected chi connectivity index (χ2v) is 5.63. The highest BCUT2D eigenvalue weighted by molar-refractivity contribution is 9.10. The number of hydrogen-bond acceptors (Lipinski definition) is 2. The number of halogens is 1. The Labute approximate surface area is 130 Å². The molecule has 0 fully saturated rings. The topological polar surface area (TPSA) is 25.8 Å². The summed E-state index contributed by atoms with van der Waals surface area (Å²) < 4.78 is 0.615. The SMILES string of the molecule is Brc1nc(-c2ccc3ccccc3c2)c2ccccc2n1. The number of rotatable bonds is 1. The largest absolute Gasteiger partial charge is 0.222 e. The average molecular weight is 335 g/mol. The molecule has 0 N–H and O–H groups in total. The maximum Gasteiger partial charge on any atom is 0.197 e. The van der Waals surface area contributed by atoms with Crippen LogP contribution in [0.2, 0.25) is 0 Å². The molecule has 0 atom stereocenters. The highest BCUT2D eigenvalue weighted by Crippen LogP contribution is 2.29. The second kappa shape index (κ2) is 4.93. The highest BCUT2D eigenvalue weighted by atomic mass is 79.9. The molecule has 0 aliphatic heterocycles. The Kier molecular flexibility index (Phi) is 2.93. The van der Waals surface area contributed by atoms with Gasteiger partial charge in [-0.15, -0.1) is 0 Å². The van der Waals surface area contributed by atoms with Gasteiger partial charge in [0.05, 0.1) is 11.2 Å². The van der Waals surface area contributed by atoms with Crippen molar-refractivity contribution in [2.24, 2.45) is 0 Å². The molecule has 3 heteroatoms. The van der Waals surface area contributed by atoms with Crippen LogP contribution >= 0.6 is 15.9 Å². The zero-order chi connectivity index (χ0) is 14.2. The van der Waals surface area contributed by atoms with Crippen LogP contribution in [0.4, 0.5) is 0 Å².